The van der Waals surface area contributed by atoms with E-state index in [2.05, 4.69) is 29.1 Å². The number of benzene rings is 1. The molecule has 0 saturated heterocycles. The number of thiophene rings is 1. The number of anilines is 1. The average molecular weight is 420 g/mol. The molecule has 0 aliphatic heterocycles. The number of amides is 1. The summed E-state index contributed by atoms with van der Waals surface area (Å²) in [4.78, 5) is 22.1. The molecule has 2 heterocycles. The van der Waals surface area contributed by atoms with Gasteiger partial charge in [-0.1, -0.05) is 31.5 Å². The van der Waals surface area contributed by atoms with E-state index in [4.69, 9.17) is 11.6 Å². The first kappa shape index (κ1) is 20.1. The van der Waals surface area contributed by atoms with Crippen LogP contribution in [0.2, 0.25) is 5.02 Å². The van der Waals surface area contributed by atoms with Crippen molar-refractivity contribution in [2.24, 2.45) is 0 Å². The van der Waals surface area contributed by atoms with Gasteiger partial charge in [0, 0.05) is 28.3 Å². The van der Waals surface area contributed by atoms with E-state index >= 15 is 0 Å². The Morgan fingerprint density at radius 2 is 2.07 bits per heavy atom. The second-order valence-electron chi connectivity index (χ2n) is 6.09. The summed E-state index contributed by atoms with van der Waals surface area (Å²) in [6.45, 7) is 4.14. The van der Waals surface area contributed by atoms with E-state index in [-0.39, 0.29) is 5.91 Å². The highest BCUT2D eigenvalue weighted by molar-refractivity contribution is 7.99. The zero-order valence-corrected chi connectivity index (χ0v) is 17.8. The molecule has 0 fully saturated rings. The zero-order chi connectivity index (χ0) is 19.2. The lowest BCUT2D eigenvalue weighted by molar-refractivity contribution is -0.116. The van der Waals surface area contributed by atoms with Gasteiger partial charge in [0.1, 0.15) is 16.2 Å². The predicted octanol–water partition coefficient (Wildman–Crippen LogP) is 5.98. The Hall–Kier alpha value is -1.63. The number of nitrogens with one attached hydrogen (secondary N) is 1. The Bertz CT molecular complexity index is 942. The molecule has 3 aromatic rings. The van der Waals surface area contributed by atoms with Crippen molar-refractivity contribution >= 4 is 56.5 Å². The number of hydrogen-bond acceptors (Lipinski definition) is 5. The van der Waals surface area contributed by atoms with Crippen LogP contribution >= 0.6 is 34.7 Å². The number of hydrogen-bond donors (Lipinski definition) is 1. The maximum atomic E-state index is 12.5. The topological polar surface area (TPSA) is 54.9 Å². The number of carbonyl (C=O) groups is 1. The minimum absolute atomic E-state index is 0.0330. The lowest BCUT2D eigenvalue weighted by Gasteiger charge is -2.16. The standard InChI is InChI=1S/C20H22ClN3OS2/c1-3-13-7-8-16(21)14(4-2)18(13)24-17(25)6-5-10-26-19-15-9-11-27-20(15)23-12-22-19/h7-9,11-12H,3-6,10H2,1-2H3,(H,24,25). The third kappa shape index (κ3) is 4.81. The molecule has 4 nitrogen and oxygen atoms in total. The predicted molar refractivity (Wildman–Crippen MR) is 116 cm³/mol. The van der Waals surface area contributed by atoms with Crippen molar-refractivity contribution in [1.29, 1.82) is 0 Å². The van der Waals surface area contributed by atoms with Crippen molar-refractivity contribution in [2.75, 3.05) is 11.1 Å². The Morgan fingerprint density at radius 1 is 1.22 bits per heavy atom. The summed E-state index contributed by atoms with van der Waals surface area (Å²) in [7, 11) is 0. The summed E-state index contributed by atoms with van der Waals surface area (Å²) in [6, 6.07) is 5.96. The van der Waals surface area contributed by atoms with Gasteiger partial charge in [0.2, 0.25) is 5.91 Å². The number of aromatic nitrogens is 2. The molecule has 1 aromatic carbocycles. The number of thioether (sulfide) groups is 1. The van der Waals surface area contributed by atoms with Crippen molar-refractivity contribution in [3.63, 3.8) is 0 Å². The Morgan fingerprint density at radius 3 is 2.85 bits per heavy atom. The molecule has 2 aromatic heterocycles. The highest BCUT2D eigenvalue weighted by atomic mass is 35.5. The van der Waals surface area contributed by atoms with Gasteiger partial charge >= 0.3 is 0 Å². The molecule has 0 bridgehead atoms. The van der Waals surface area contributed by atoms with Crippen LogP contribution in [0.3, 0.4) is 0 Å². The van der Waals surface area contributed by atoms with Gasteiger partial charge in [-0.2, -0.15) is 0 Å². The molecule has 27 heavy (non-hydrogen) atoms. The summed E-state index contributed by atoms with van der Waals surface area (Å²) in [5, 5.41) is 7.91. The molecule has 0 aliphatic carbocycles. The highest BCUT2D eigenvalue weighted by Gasteiger charge is 2.13. The van der Waals surface area contributed by atoms with Gasteiger partial charge in [-0.3, -0.25) is 4.79 Å². The van der Waals surface area contributed by atoms with Crippen LogP contribution in [-0.2, 0) is 17.6 Å². The minimum Gasteiger partial charge on any atom is -0.326 e. The SMILES string of the molecule is CCc1ccc(Cl)c(CC)c1NC(=O)CCCSc1ncnc2sccc12. The molecule has 7 heteroatoms. The Labute approximate surface area is 172 Å². The summed E-state index contributed by atoms with van der Waals surface area (Å²) in [5.74, 6) is 0.872. The lowest BCUT2D eigenvalue weighted by atomic mass is 10.0. The monoisotopic (exact) mass is 419 g/mol. The van der Waals surface area contributed by atoms with Gasteiger partial charge in [0.15, 0.2) is 0 Å². The number of halogens is 1. The fraction of sp³-hybridized carbons (Fsp3) is 0.350. The molecule has 0 spiro atoms. The molecule has 0 saturated carbocycles. The molecule has 1 amide bonds. The number of fused-ring (bicyclic) bond motifs is 1. The first-order valence-electron chi connectivity index (χ1n) is 9.05. The van der Waals surface area contributed by atoms with E-state index < -0.39 is 0 Å². The minimum atomic E-state index is 0.0330. The van der Waals surface area contributed by atoms with Gasteiger partial charge in [0.25, 0.3) is 0 Å². The molecule has 0 unspecified atom stereocenters. The molecular weight excluding hydrogens is 398 g/mol. The van der Waals surface area contributed by atoms with Crippen LogP contribution in [0.5, 0.6) is 0 Å². The smallest absolute Gasteiger partial charge is 0.224 e. The number of nitrogens with zero attached hydrogens (tertiary/aromatic N) is 2. The summed E-state index contributed by atoms with van der Waals surface area (Å²) in [5.41, 5.74) is 3.03. The number of carbonyl (C=O) groups excluding carboxylic acids is 1. The van der Waals surface area contributed by atoms with Gasteiger partial charge in [0.05, 0.1) is 0 Å². The van der Waals surface area contributed by atoms with Gasteiger partial charge in [-0.15, -0.1) is 23.1 Å². The van der Waals surface area contributed by atoms with Gasteiger partial charge < -0.3 is 5.32 Å². The van der Waals surface area contributed by atoms with Crippen LogP contribution in [0.1, 0.15) is 37.8 Å². The van der Waals surface area contributed by atoms with Crippen LogP contribution in [-0.4, -0.2) is 21.6 Å². The van der Waals surface area contributed by atoms with Crippen molar-refractivity contribution in [2.45, 2.75) is 44.6 Å². The molecule has 1 N–H and O–H groups in total. The van der Waals surface area contributed by atoms with E-state index in [1.807, 2.05) is 23.6 Å². The quantitative estimate of drug-likeness (QED) is 0.277. The molecule has 142 valence electrons. The highest BCUT2D eigenvalue weighted by Crippen LogP contribution is 2.30. The summed E-state index contributed by atoms with van der Waals surface area (Å²) in [6.07, 6.45) is 4.52. The Kier molecular flexibility index (Phi) is 7.10. The van der Waals surface area contributed by atoms with E-state index in [1.165, 1.54) is 0 Å². The fourth-order valence-electron chi connectivity index (χ4n) is 2.95. The van der Waals surface area contributed by atoms with Gasteiger partial charge in [-0.05, 0) is 47.9 Å². The largest absolute Gasteiger partial charge is 0.326 e. The van der Waals surface area contributed by atoms with Gasteiger partial charge in [-0.25, -0.2) is 9.97 Å². The molecular formula is C20H22ClN3OS2. The molecule has 0 aliphatic rings. The van der Waals surface area contributed by atoms with Crippen LogP contribution in [0.25, 0.3) is 10.2 Å². The van der Waals surface area contributed by atoms with E-state index in [0.29, 0.717) is 11.4 Å². The summed E-state index contributed by atoms with van der Waals surface area (Å²) >= 11 is 9.60. The van der Waals surface area contributed by atoms with Crippen LogP contribution in [0.4, 0.5) is 5.69 Å². The third-order valence-corrected chi connectivity index (χ3v) is 6.62. The van der Waals surface area contributed by atoms with E-state index in [0.717, 1.165) is 57.1 Å². The first-order chi connectivity index (χ1) is 13.1. The average Bonchev–Trinajstić information content (AvgIpc) is 3.15. The first-order valence-corrected chi connectivity index (χ1v) is 11.3. The molecule has 0 radical (unpaired) electrons. The lowest BCUT2D eigenvalue weighted by Crippen LogP contribution is -2.15. The second kappa shape index (κ2) is 9.53. The molecule has 0 atom stereocenters. The van der Waals surface area contributed by atoms with Crippen LogP contribution < -0.4 is 5.32 Å². The maximum Gasteiger partial charge on any atom is 0.224 e. The normalized spacial score (nSPS) is 11.1. The van der Waals surface area contributed by atoms with E-state index in [9.17, 15) is 4.79 Å². The zero-order valence-electron chi connectivity index (χ0n) is 15.4. The number of aryl methyl sites for hydroxylation is 1. The fourth-order valence-corrected chi connectivity index (χ4v) is 4.97. The summed E-state index contributed by atoms with van der Waals surface area (Å²) < 4.78 is 0. The molecule has 3 rings (SSSR count). The van der Waals surface area contributed by atoms with Crippen molar-refractivity contribution in [1.82, 2.24) is 9.97 Å². The second-order valence-corrected chi connectivity index (χ2v) is 8.47. The van der Waals surface area contributed by atoms with Crippen molar-refractivity contribution < 1.29 is 4.79 Å². The van der Waals surface area contributed by atoms with Crippen molar-refractivity contribution in [3.05, 3.63) is 46.1 Å². The van der Waals surface area contributed by atoms with Crippen LogP contribution in [0.15, 0.2) is 34.9 Å². The van der Waals surface area contributed by atoms with E-state index in [1.54, 1.807) is 29.4 Å². The van der Waals surface area contributed by atoms with Crippen molar-refractivity contribution in [3.8, 4) is 0 Å². The number of rotatable bonds is 8. The Balaban J connectivity index is 1.56. The van der Waals surface area contributed by atoms with Crippen LogP contribution in [0, 0.1) is 0 Å². The maximum absolute atomic E-state index is 12.5. The third-order valence-electron chi connectivity index (χ3n) is 4.35.